The van der Waals surface area contributed by atoms with Gasteiger partial charge in [-0.15, -0.1) is 0 Å². The van der Waals surface area contributed by atoms with Gasteiger partial charge in [0.15, 0.2) is 0 Å². The number of primary amides is 1. The third-order valence-electron chi connectivity index (χ3n) is 3.73. The number of amides is 1. The maximum atomic E-state index is 11.1. The fourth-order valence-corrected chi connectivity index (χ4v) is 2.37. The maximum Gasteiger partial charge on any atom is 0.244 e. The number of benzene rings is 1. The van der Waals surface area contributed by atoms with Gasteiger partial charge >= 0.3 is 0 Å². The summed E-state index contributed by atoms with van der Waals surface area (Å²) < 4.78 is 0. The first kappa shape index (κ1) is 16.4. The van der Waals surface area contributed by atoms with Gasteiger partial charge in [0.25, 0.3) is 0 Å². The molecule has 0 fully saturated rings. The number of rotatable bonds is 7. The Morgan fingerprint density at radius 3 is 2.40 bits per heavy atom. The first-order chi connectivity index (χ1) is 9.49. The molecule has 1 amide bonds. The van der Waals surface area contributed by atoms with Crippen molar-refractivity contribution in [2.24, 2.45) is 5.73 Å². The predicted octanol–water partition coefficient (Wildman–Crippen LogP) is 2.89. The largest absolute Gasteiger partial charge is 0.366 e. The van der Waals surface area contributed by atoms with Gasteiger partial charge in [0.2, 0.25) is 5.91 Å². The Balaban J connectivity index is 2.86. The summed E-state index contributed by atoms with van der Waals surface area (Å²) in [5, 5.41) is 0. The Labute approximate surface area is 122 Å². The van der Waals surface area contributed by atoms with Crippen molar-refractivity contribution in [1.82, 2.24) is 4.90 Å². The number of likely N-dealkylation sites (N-methyl/N-ethyl adjacent to an activating group) is 1. The van der Waals surface area contributed by atoms with Gasteiger partial charge in [-0.3, -0.25) is 9.69 Å². The van der Waals surface area contributed by atoms with Crippen molar-refractivity contribution >= 4 is 5.91 Å². The normalized spacial score (nSPS) is 13.6. The van der Waals surface area contributed by atoms with E-state index in [1.165, 1.54) is 11.1 Å². The van der Waals surface area contributed by atoms with Crippen molar-refractivity contribution in [1.29, 1.82) is 0 Å². The number of nitrogens with zero attached hydrogens (tertiary/aromatic N) is 1. The summed E-state index contributed by atoms with van der Waals surface area (Å²) in [6.45, 7) is 10.0. The SMILES string of the molecule is CCc1ccccc1CN(CC)C(C)/C=C(\C)C(N)=O. The minimum absolute atomic E-state index is 0.192. The Kier molecular flexibility index (Phi) is 6.46. The number of aryl methyl sites for hydroxylation is 1. The van der Waals surface area contributed by atoms with Crippen LogP contribution in [-0.4, -0.2) is 23.4 Å². The van der Waals surface area contributed by atoms with Crippen LogP contribution in [0.15, 0.2) is 35.9 Å². The monoisotopic (exact) mass is 274 g/mol. The molecule has 1 unspecified atom stereocenters. The van der Waals surface area contributed by atoms with E-state index in [1.807, 2.05) is 6.08 Å². The number of carbonyl (C=O) groups excluding carboxylic acids is 1. The van der Waals surface area contributed by atoms with Gasteiger partial charge in [-0.1, -0.05) is 44.2 Å². The van der Waals surface area contributed by atoms with Crippen molar-refractivity contribution in [2.45, 2.75) is 46.7 Å². The Bertz CT molecular complexity index is 480. The van der Waals surface area contributed by atoms with Gasteiger partial charge in [-0.05, 0) is 37.9 Å². The highest BCUT2D eigenvalue weighted by Gasteiger charge is 2.13. The van der Waals surface area contributed by atoms with E-state index in [-0.39, 0.29) is 11.9 Å². The highest BCUT2D eigenvalue weighted by Crippen LogP contribution is 2.15. The molecule has 0 aliphatic heterocycles. The lowest BCUT2D eigenvalue weighted by Gasteiger charge is -2.27. The molecule has 0 aromatic heterocycles. The van der Waals surface area contributed by atoms with Crippen LogP contribution < -0.4 is 5.73 Å². The molecule has 0 aliphatic carbocycles. The summed E-state index contributed by atoms with van der Waals surface area (Å²) >= 11 is 0. The molecule has 0 saturated heterocycles. The first-order valence-corrected chi connectivity index (χ1v) is 7.28. The summed E-state index contributed by atoms with van der Waals surface area (Å²) in [6, 6.07) is 8.71. The highest BCUT2D eigenvalue weighted by molar-refractivity contribution is 5.91. The van der Waals surface area contributed by atoms with E-state index >= 15 is 0 Å². The molecular weight excluding hydrogens is 248 g/mol. The summed E-state index contributed by atoms with van der Waals surface area (Å²) in [7, 11) is 0. The van der Waals surface area contributed by atoms with Crippen LogP contribution >= 0.6 is 0 Å². The second-order valence-corrected chi connectivity index (χ2v) is 5.14. The molecule has 0 radical (unpaired) electrons. The summed E-state index contributed by atoms with van der Waals surface area (Å²) in [5.74, 6) is -0.345. The van der Waals surface area contributed by atoms with Crippen molar-refractivity contribution in [2.75, 3.05) is 6.54 Å². The van der Waals surface area contributed by atoms with Crippen molar-refractivity contribution in [3.05, 3.63) is 47.0 Å². The van der Waals surface area contributed by atoms with Crippen LogP contribution in [0, 0.1) is 0 Å². The smallest absolute Gasteiger partial charge is 0.244 e. The van der Waals surface area contributed by atoms with Gasteiger partial charge in [0.1, 0.15) is 0 Å². The van der Waals surface area contributed by atoms with Gasteiger partial charge in [-0.25, -0.2) is 0 Å². The van der Waals surface area contributed by atoms with Crippen LogP contribution in [0.25, 0.3) is 0 Å². The van der Waals surface area contributed by atoms with E-state index in [1.54, 1.807) is 6.92 Å². The molecule has 3 nitrogen and oxygen atoms in total. The van der Waals surface area contributed by atoms with Crippen LogP contribution in [0.5, 0.6) is 0 Å². The third-order valence-corrected chi connectivity index (χ3v) is 3.73. The van der Waals surface area contributed by atoms with E-state index in [2.05, 4.69) is 49.9 Å². The quantitative estimate of drug-likeness (QED) is 0.777. The first-order valence-electron chi connectivity index (χ1n) is 7.28. The van der Waals surface area contributed by atoms with Gasteiger partial charge < -0.3 is 5.73 Å². The van der Waals surface area contributed by atoms with Crippen LogP contribution in [0.2, 0.25) is 0 Å². The minimum Gasteiger partial charge on any atom is -0.366 e. The zero-order chi connectivity index (χ0) is 15.1. The maximum absolute atomic E-state index is 11.1. The molecule has 0 aliphatic rings. The lowest BCUT2D eigenvalue weighted by atomic mass is 10.0. The highest BCUT2D eigenvalue weighted by atomic mass is 16.1. The molecule has 0 bridgehead atoms. The van der Waals surface area contributed by atoms with E-state index in [0.29, 0.717) is 5.57 Å². The number of hydrogen-bond donors (Lipinski definition) is 1. The molecule has 0 saturated carbocycles. The molecule has 2 N–H and O–H groups in total. The van der Waals surface area contributed by atoms with E-state index < -0.39 is 0 Å². The van der Waals surface area contributed by atoms with Gasteiger partial charge in [0, 0.05) is 18.2 Å². The van der Waals surface area contributed by atoms with Crippen LogP contribution in [0.4, 0.5) is 0 Å². The predicted molar refractivity (Wildman–Crippen MR) is 84.3 cm³/mol. The fourth-order valence-electron chi connectivity index (χ4n) is 2.37. The van der Waals surface area contributed by atoms with Gasteiger partial charge in [-0.2, -0.15) is 0 Å². The second-order valence-electron chi connectivity index (χ2n) is 5.14. The van der Waals surface area contributed by atoms with E-state index in [4.69, 9.17) is 5.73 Å². The standard InChI is InChI=1S/C17H26N2O/c1-5-15-9-7-8-10-16(15)12-19(6-2)14(4)11-13(3)17(18)20/h7-11,14H,5-6,12H2,1-4H3,(H2,18,20)/b13-11+. The molecule has 20 heavy (non-hydrogen) atoms. The molecule has 1 aromatic rings. The van der Waals surface area contributed by atoms with Crippen LogP contribution in [-0.2, 0) is 17.8 Å². The molecule has 0 heterocycles. The van der Waals surface area contributed by atoms with E-state index in [9.17, 15) is 4.79 Å². The Morgan fingerprint density at radius 1 is 1.30 bits per heavy atom. The van der Waals surface area contributed by atoms with E-state index in [0.717, 1.165) is 19.5 Å². The number of carbonyl (C=O) groups is 1. The summed E-state index contributed by atoms with van der Waals surface area (Å²) in [4.78, 5) is 13.5. The summed E-state index contributed by atoms with van der Waals surface area (Å²) in [5.41, 5.74) is 8.66. The second kappa shape index (κ2) is 7.85. The molecule has 1 aromatic carbocycles. The topological polar surface area (TPSA) is 46.3 Å². The zero-order valence-electron chi connectivity index (χ0n) is 13.0. The summed E-state index contributed by atoms with van der Waals surface area (Å²) in [6.07, 6.45) is 2.98. The average Bonchev–Trinajstić information content (AvgIpc) is 2.44. The molecule has 110 valence electrons. The van der Waals surface area contributed by atoms with Crippen molar-refractivity contribution in [3.8, 4) is 0 Å². The van der Waals surface area contributed by atoms with Crippen molar-refractivity contribution < 1.29 is 4.79 Å². The number of hydrogen-bond acceptors (Lipinski definition) is 2. The lowest BCUT2D eigenvalue weighted by molar-refractivity contribution is -0.114. The van der Waals surface area contributed by atoms with Crippen LogP contribution in [0.3, 0.4) is 0 Å². The zero-order valence-corrected chi connectivity index (χ0v) is 13.0. The third kappa shape index (κ3) is 4.49. The minimum atomic E-state index is -0.345. The fraction of sp³-hybridized carbons (Fsp3) is 0.471. The molecular formula is C17H26N2O. The average molecular weight is 274 g/mol. The van der Waals surface area contributed by atoms with Crippen LogP contribution in [0.1, 0.15) is 38.8 Å². The number of nitrogens with two attached hydrogens (primary N) is 1. The molecule has 0 spiro atoms. The molecule has 1 rings (SSSR count). The molecule has 1 atom stereocenters. The Hall–Kier alpha value is -1.61. The Morgan fingerprint density at radius 2 is 1.90 bits per heavy atom. The van der Waals surface area contributed by atoms with Gasteiger partial charge in [0.05, 0.1) is 0 Å². The lowest BCUT2D eigenvalue weighted by Crippen LogP contribution is -2.32. The van der Waals surface area contributed by atoms with Crippen molar-refractivity contribution in [3.63, 3.8) is 0 Å². The molecule has 3 heteroatoms.